The largest absolute Gasteiger partial charge is 0.480 e. The third kappa shape index (κ3) is 2.95. The summed E-state index contributed by atoms with van der Waals surface area (Å²) in [6, 6.07) is 0.541. The maximum absolute atomic E-state index is 11.7. The molecule has 0 aromatic heterocycles. The van der Waals surface area contributed by atoms with Gasteiger partial charge in [-0.2, -0.15) is 0 Å². The molecule has 4 nitrogen and oxygen atoms in total. The molecule has 110 valence electrons. The zero-order chi connectivity index (χ0) is 14.0. The highest BCUT2D eigenvalue weighted by Gasteiger charge is 2.51. The van der Waals surface area contributed by atoms with E-state index in [1.54, 1.807) is 7.05 Å². The zero-order valence-electron chi connectivity index (χ0n) is 12.5. The van der Waals surface area contributed by atoms with Gasteiger partial charge in [0.2, 0.25) is 0 Å². The summed E-state index contributed by atoms with van der Waals surface area (Å²) in [7, 11) is 3.90. The molecule has 2 rings (SSSR count). The average molecular weight is 268 g/mol. The molecule has 2 N–H and O–H groups in total. The minimum absolute atomic E-state index is 0.302. The van der Waals surface area contributed by atoms with E-state index in [4.69, 9.17) is 0 Å². The number of carboxylic acid groups (broad SMARTS) is 1. The summed E-state index contributed by atoms with van der Waals surface area (Å²) in [6.45, 7) is 2.93. The SMILES string of the molecule is CNC(CN(C)C1CCCCC1C)(C(=O)O)C1CC1. The van der Waals surface area contributed by atoms with Crippen molar-refractivity contribution in [3.05, 3.63) is 0 Å². The molecule has 0 heterocycles. The van der Waals surface area contributed by atoms with Crippen LogP contribution in [0.2, 0.25) is 0 Å². The minimum Gasteiger partial charge on any atom is -0.480 e. The first-order valence-corrected chi connectivity index (χ1v) is 7.64. The summed E-state index contributed by atoms with van der Waals surface area (Å²) < 4.78 is 0. The Kier molecular flexibility index (Phi) is 4.51. The molecule has 0 aromatic rings. The van der Waals surface area contributed by atoms with Gasteiger partial charge in [0.15, 0.2) is 0 Å². The molecule has 0 radical (unpaired) electrons. The van der Waals surface area contributed by atoms with Gasteiger partial charge in [-0.3, -0.25) is 4.79 Å². The quantitative estimate of drug-likeness (QED) is 0.773. The van der Waals surface area contributed by atoms with E-state index in [1.807, 2.05) is 0 Å². The van der Waals surface area contributed by atoms with E-state index in [0.29, 0.717) is 24.4 Å². The summed E-state index contributed by atoms with van der Waals surface area (Å²) in [5, 5.41) is 12.8. The number of rotatable bonds is 6. The molecular formula is C15H28N2O2. The fourth-order valence-electron chi connectivity index (χ4n) is 3.80. The molecule has 19 heavy (non-hydrogen) atoms. The Labute approximate surface area is 116 Å². The molecular weight excluding hydrogens is 240 g/mol. The van der Waals surface area contributed by atoms with Crippen LogP contribution in [0.5, 0.6) is 0 Å². The lowest BCUT2D eigenvalue weighted by Gasteiger charge is -2.41. The number of hydrogen-bond donors (Lipinski definition) is 2. The highest BCUT2D eigenvalue weighted by molar-refractivity contribution is 5.80. The van der Waals surface area contributed by atoms with Crippen LogP contribution in [0.4, 0.5) is 0 Å². The Morgan fingerprint density at radius 2 is 1.95 bits per heavy atom. The third-order valence-electron chi connectivity index (χ3n) is 5.23. The zero-order valence-corrected chi connectivity index (χ0v) is 12.5. The molecule has 0 amide bonds. The molecule has 3 atom stereocenters. The van der Waals surface area contributed by atoms with Crippen LogP contribution in [-0.2, 0) is 4.79 Å². The number of carbonyl (C=O) groups is 1. The predicted molar refractivity (Wildman–Crippen MR) is 76.2 cm³/mol. The first-order chi connectivity index (χ1) is 9.01. The minimum atomic E-state index is -0.744. The van der Waals surface area contributed by atoms with Crippen LogP contribution in [0.15, 0.2) is 0 Å². The average Bonchev–Trinajstić information content (AvgIpc) is 3.20. The first kappa shape index (κ1) is 14.8. The molecule has 2 saturated carbocycles. The van der Waals surface area contributed by atoms with Crippen LogP contribution in [0.25, 0.3) is 0 Å². The summed E-state index contributed by atoms with van der Waals surface area (Å²) >= 11 is 0. The molecule has 3 unspecified atom stereocenters. The van der Waals surface area contributed by atoms with Gasteiger partial charge in [-0.15, -0.1) is 0 Å². The van der Waals surface area contributed by atoms with E-state index in [-0.39, 0.29) is 0 Å². The van der Waals surface area contributed by atoms with Crippen LogP contribution in [0.3, 0.4) is 0 Å². The van der Waals surface area contributed by atoms with Gasteiger partial charge in [0.25, 0.3) is 0 Å². The number of aliphatic carboxylic acids is 1. The van der Waals surface area contributed by atoms with Crippen molar-refractivity contribution in [3.63, 3.8) is 0 Å². The van der Waals surface area contributed by atoms with Crippen molar-refractivity contribution in [1.29, 1.82) is 0 Å². The molecule has 2 aliphatic rings. The van der Waals surface area contributed by atoms with Crippen molar-refractivity contribution in [2.24, 2.45) is 11.8 Å². The Bertz CT molecular complexity index is 330. The fourth-order valence-corrected chi connectivity index (χ4v) is 3.80. The first-order valence-electron chi connectivity index (χ1n) is 7.64. The fraction of sp³-hybridized carbons (Fsp3) is 0.933. The molecule has 0 aromatic carbocycles. The molecule has 0 aliphatic heterocycles. The smallest absolute Gasteiger partial charge is 0.325 e. The van der Waals surface area contributed by atoms with Crippen LogP contribution in [-0.4, -0.2) is 48.2 Å². The maximum Gasteiger partial charge on any atom is 0.325 e. The predicted octanol–water partition coefficient (Wildman–Crippen LogP) is 1.95. The van der Waals surface area contributed by atoms with Crippen molar-refractivity contribution >= 4 is 5.97 Å². The summed E-state index contributed by atoms with van der Waals surface area (Å²) in [4.78, 5) is 14.0. The van der Waals surface area contributed by atoms with Gasteiger partial charge >= 0.3 is 5.97 Å². The van der Waals surface area contributed by atoms with Gasteiger partial charge in [0, 0.05) is 12.6 Å². The Morgan fingerprint density at radius 3 is 2.42 bits per heavy atom. The standard InChI is InChI=1S/C15H28N2O2/c1-11-6-4-5-7-13(11)17(3)10-15(16-2,14(18)19)12-8-9-12/h11-13,16H,4-10H2,1-3H3,(H,18,19). The second kappa shape index (κ2) is 5.80. The van der Waals surface area contributed by atoms with Gasteiger partial charge in [-0.25, -0.2) is 0 Å². The van der Waals surface area contributed by atoms with Gasteiger partial charge in [0.05, 0.1) is 0 Å². The number of nitrogens with one attached hydrogen (secondary N) is 1. The lowest BCUT2D eigenvalue weighted by atomic mass is 9.83. The lowest BCUT2D eigenvalue weighted by molar-refractivity contribution is -0.147. The van der Waals surface area contributed by atoms with Gasteiger partial charge in [-0.05, 0) is 51.6 Å². The van der Waals surface area contributed by atoms with Crippen LogP contribution < -0.4 is 5.32 Å². The molecule has 0 bridgehead atoms. The molecule has 2 aliphatic carbocycles. The van der Waals surface area contributed by atoms with E-state index < -0.39 is 11.5 Å². The van der Waals surface area contributed by atoms with E-state index >= 15 is 0 Å². The second-order valence-corrected chi connectivity index (χ2v) is 6.54. The summed E-state index contributed by atoms with van der Waals surface area (Å²) in [5.41, 5.74) is -0.744. The van der Waals surface area contributed by atoms with Crippen molar-refractivity contribution in [3.8, 4) is 0 Å². The van der Waals surface area contributed by atoms with E-state index in [0.717, 1.165) is 12.8 Å². The highest BCUT2D eigenvalue weighted by atomic mass is 16.4. The topological polar surface area (TPSA) is 52.6 Å². The number of hydrogen-bond acceptors (Lipinski definition) is 3. The van der Waals surface area contributed by atoms with Crippen molar-refractivity contribution < 1.29 is 9.90 Å². The van der Waals surface area contributed by atoms with E-state index in [9.17, 15) is 9.90 Å². The molecule has 2 fully saturated rings. The number of likely N-dealkylation sites (N-methyl/N-ethyl adjacent to an activating group) is 2. The van der Waals surface area contributed by atoms with Crippen molar-refractivity contribution in [1.82, 2.24) is 10.2 Å². The Morgan fingerprint density at radius 1 is 1.32 bits per heavy atom. The second-order valence-electron chi connectivity index (χ2n) is 6.54. The van der Waals surface area contributed by atoms with Gasteiger partial charge in [-0.1, -0.05) is 19.8 Å². The molecule has 0 spiro atoms. The Hall–Kier alpha value is -0.610. The van der Waals surface area contributed by atoms with Gasteiger partial charge in [0.1, 0.15) is 5.54 Å². The number of carboxylic acids is 1. The molecule has 4 heteroatoms. The Balaban J connectivity index is 2.05. The van der Waals surface area contributed by atoms with Crippen LogP contribution in [0.1, 0.15) is 45.4 Å². The van der Waals surface area contributed by atoms with Crippen molar-refractivity contribution in [2.75, 3.05) is 20.6 Å². The van der Waals surface area contributed by atoms with Crippen LogP contribution >= 0.6 is 0 Å². The van der Waals surface area contributed by atoms with E-state index in [1.165, 1.54) is 25.7 Å². The number of nitrogens with zero attached hydrogens (tertiary/aromatic N) is 1. The summed E-state index contributed by atoms with van der Waals surface area (Å²) in [5.74, 6) is 0.297. The van der Waals surface area contributed by atoms with Crippen molar-refractivity contribution in [2.45, 2.75) is 57.0 Å². The van der Waals surface area contributed by atoms with Crippen LogP contribution in [0, 0.1) is 11.8 Å². The maximum atomic E-state index is 11.7. The lowest BCUT2D eigenvalue weighted by Crippen LogP contribution is -2.60. The highest BCUT2D eigenvalue weighted by Crippen LogP contribution is 2.41. The normalized spacial score (nSPS) is 31.2. The monoisotopic (exact) mass is 268 g/mol. The summed E-state index contributed by atoms with van der Waals surface area (Å²) in [6.07, 6.45) is 7.18. The third-order valence-corrected chi connectivity index (χ3v) is 5.23. The van der Waals surface area contributed by atoms with E-state index in [2.05, 4.69) is 24.2 Å². The van der Waals surface area contributed by atoms with Gasteiger partial charge < -0.3 is 15.3 Å². The molecule has 0 saturated heterocycles.